The molecule has 0 aromatic carbocycles. The maximum Gasteiger partial charge on any atom is 0.472 e. The summed E-state index contributed by atoms with van der Waals surface area (Å²) < 4.78 is 27.0. The zero-order valence-corrected chi connectivity index (χ0v) is 39.1. The molecule has 0 aliphatic carbocycles. The first-order valence-corrected chi connectivity index (χ1v) is 26.0. The second-order valence-corrected chi connectivity index (χ2v) is 17.9. The van der Waals surface area contributed by atoms with Crippen LogP contribution in [0.4, 0.5) is 0 Å². The molecule has 1 amide bonds. The third-order valence-electron chi connectivity index (χ3n) is 10.6. The number of unbranched alkanes of at least 4 members (excludes halogenated alkanes) is 27. The Morgan fingerprint density at radius 1 is 0.525 bits per heavy atom. The van der Waals surface area contributed by atoms with Gasteiger partial charge in [-0.25, -0.2) is 4.57 Å². The molecular weight excluding hydrogens is 762 g/mol. The predicted octanol–water partition coefficient (Wildman–Crippen LogP) is 14.1. The highest BCUT2D eigenvalue weighted by atomic mass is 31.2. The molecule has 0 radical (unpaired) electrons. The number of esters is 1. The van der Waals surface area contributed by atoms with Gasteiger partial charge >= 0.3 is 13.8 Å². The van der Waals surface area contributed by atoms with Crippen molar-refractivity contribution >= 4 is 19.7 Å². The summed E-state index contributed by atoms with van der Waals surface area (Å²) in [7, 11) is -4.42. The summed E-state index contributed by atoms with van der Waals surface area (Å²) in [4.78, 5) is 34.0. The van der Waals surface area contributed by atoms with Crippen LogP contribution in [0.25, 0.3) is 0 Å². The van der Waals surface area contributed by atoms with Gasteiger partial charge < -0.3 is 20.1 Å². The number of hydrogen-bond donors (Lipinski definition) is 3. The Bertz CT molecular complexity index is 1060. The van der Waals surface area contributed by atoms with Crippen LogP contribution in [0.15, 0.2) is 36.5 Å². The van der Waals surface area contributed by atoms with E-state index in [1.807, 2.05) is 0 Å². The number of allylic oxidation sites excluding steroid dienone is 6. The molecule has 0 rings (SSSR count). The van der Waals surface area contributed by atoms with E-state index in [-0.39, 0.29) is 32.1 Å². The van der Waals surface area contributed by atoms with Gasteiger partial charge in [-0.05, 0) is 51.4 Å². The molecule has 346 valence electrons. The molecule has 3 N–H and O–H groups in total. The number of hydrogen-bond acceptors (Lipinski definition) is 7. The molecule has 0 spiro atoms. The lowest BCUT2D eigenvalue weighted by molar-refractivity contribution is -0.147. The van der Waals surface area contributed by atoms with Crippen LogP contribution < -0.4 is 5.32 Å². The third kappa shape index (κ3) is 47.1. The van der Waals surface area contributed by atoms with E-state index in [4.69, 9.17) is 13.8 Å². The van der Waals surface area contributed by atoms with E-state index in [1.54, 1.807) is 0 Å². The highest BCUT2D eigenvalue weighted by molar-refractivity contribution is 7.47. The largest absolute Gasteiger partial charge is 0.472 e. The summed E-state index contributed by atoms with van der Waals surface area (Å²) in [6.07, 6.45) is 52.2. The molecule has 0 aliphatic rings. The molecule has 0 aliphatic heterocycles. The molecule has 9 nitrogen and oxygen atoms in total. The summed E-state index contributed by atoms with van der Waals surface area (Å²) in [6, 6.07) is 0. The van der Waals surface area contributed by atoms with Crippen molar-refractivity contribution in [2.75, 3.05) is 26.4 Å². The second-order valence-electron chi connectivity index (χ2n) is 16.4. The number of carbonyl (C=O) groups excluding carboxylic acids is 2. The zero-order chi connectivity index (χ0) is 43.2. The predicted molar refractivity (Wildman–Crippen MR) is 247 cm³/mol. The van der Waals surface area contributed by atoms with E-state index in [1.165, 1.54) is 141 Å². The summed E-state index contributed by atoms with van der Waals surface area (Å²) in [5.41, 5.74) is 0. The lowest BCUT2D eigenvalue weighted by atomic mass is 10.0. The third-order valence-corrected chi connectivity index (χ3v) is 11.6. The standard InChI is InChI=1S/C49H92NO8P/c1-3-5-7-9-11-13-15-17-19-21-23-25-27-29-31-33-35-37-39-41-48(52)50-43-44-57-59(54,55)58-46-47(51)45-56-49(53)42-40-38-36-34-32-30-28-26-24-22-20-18-16-14-12-10-8-6-4-2/h11,13,17,19,23,25,47,51H,3-10,12,14-16,18,20-22,24,26-46H2,1-2H3,(H,50,52)(H,54,55)/b13-11-,19-17-,25-23-. The average Bonchev–Trinajstić information content (AvgIpc) is 3.22. The molecule has 0 saturated heterocycles. The maximum atomic E-state index is 12.1. The van der Waals surface area contributed by atoms with Crippen molar-refractivity contribution < 1.29 is 37.9 Å². The molecular formula is C49H92NO8P. The van der Waals surface area contributed by atoms with Gasteiger partial charge in [0.2, 0.25) is 5.91 Å². The minimum Gasteiger partial charge on any atom is -0.463 e. The molecule has 0 aromatic heterocycles. The van der Waals surface area contributed by atoms with E-state index < -0.39 is 26.5 Å². The van der Waals surface area contributed by atoms with E-state index in [2.05, 4.69) is 55.6 Å². The molecule has 2 atom stereocenters. The fourth-order valence-corrected chi connectivity index (χ4v) is 7.62. The first-order chi connectivity index (χ1) is 28.8. The van der Waals surface area contributed by atoms with Gasteiger partial charge in [0.05, 0.1) is 13.2 Å². The quantitative estimate of drug-likeness (QED) is 0.0239. The smallest absolute Gasteiger partial charge is 0.463 e. The summed E-state index contributed by atoms with van der Waals surface area (Å²) in [5, 5.41) is 12.7. The molecule has 0 aromatic rings. The van der Waals surface area contributed by atoms with Gasteiger partial charge in [0, 0.05) is 19.4 Å². The number of amides is 1. The Morgan fingerprint density at radius 3 is 1.41 bits per heavy atom. The van der Waals surface area contributed by atoms with Crippen molar-refractivity contribution in [2.45, 2.75) is 238 Å². The van der Waals surface area contributed by atoms with E-state index in [9.17, 15) is 24.2 Å². The number of carbonyl (C=O) groups is 2. The normalized spacial score (nSPS) is 13.5. The monoisotopic (exact) mass is 854 g/mol. The molecule has 0 saturated carbocycles. The highest BCUT2D eigenvalue weighted by Crippen LogP contribution is 2.42. The first-order valence-electron chi connectivity index (χ1n) is 24.5. The topological polar surface area (TPSA) is 131 Å². The number of phosphoric acid groups is 1. The highest BCUT2D eigenvalue weighted by Gasteiger charge is 2.23. The van der Waals surface area contributed by atoms with Gasteiger partial charge in [-0.3, -0.25) is 18.6 Å². The SMILES string of the molecule is CCCCC/C=C\C/C=C\C/C=C\CCCCCCCCC(=O)NCCOP(=O)(O)OCC(O)COC(=O)CCCCCCCCCCCCCCCCCCCCC. The Morgan fingerprint density at radius 2 is 0.915 bits per heavy atom. The molecule has 0 heterocycles. The van der Waals surface area contributed by atoms with Crippen molar-refractivity contribution in [3.05, 3.63) is 36.5 Å². The second kappa shape index (κ2) is 45.7. The number of rotatable bonds is 46. The number of phosphoric ester groups is 1. The number of ether oxygens (including phenoxy) is 1. The lowest BCUT2D eigenvalue weighted by Gasteiger charge is -2.15. The van der Waals surface area contributed by atoms with Crippen LogP contribution in [0.3, 0.4) is 0 Å². The van der Waals surface area contributed by atoms with Crippen LogP contribution in [0.2, 0.25) is 0 Å². The molecule has 0 fully saturated rings. The average molecular weight is 854 g/mol. The first kappa shape index (κ1) is 57.2. The van der Waals surface area contributed by atoms with Gasteiger partial charge in [0.25, 0.3) is 0 Å². The molecule has 0 bridgehead atoms. The van der Waals surface area contributed by atoms with Crippen molar-refractivity contribution in [2.24, 2.45) is 0 Å². The number of nitrogens with one attached hydrogen (secondary N) is 1. The number of aliphatic hydroxyl groups excluding tert-OH is 1. The molecule has 10 heteroatoms. The Balaban J connectivity index is 3.57. The fraction of sp³-hybridized carbons (Fsp3) is 0.837. The molecule has 59 heavy (non-hydrogen) atoms. The van der Waals surface area contributed by atoms with Gasteiger partial charge in [0.1, 0.15) is 12.7 Å². The Hall–Kier alpha value is -1.77. The molecule has 2 unspecified atom stereocenters. The fourth-order valence-electron chi connectivity index (χ4n) is 6.86. The minimum atomic E-state index is -4.42. The van der Waals surface area contributed by atoms with Crippen LogP contribution in [-0.4, -0.2) is 54.3 Å². The van der Waals surface area contributed by atoms with Gasteiger partial charge in [-0.15, -0.1) is 0 Å². The summed E-state index contributed by atoms with van der Waals surface area (Å²) >= 11 is 0. The van der Waals surface area contributed by atoms with Gasteiger partial charge in [-0.1, -0.05) is 204 Å². The Labute approximate surface area is 363 Å². The van der Waals surface area contributed by atoms with Gasteiger partial charge in [0.15, 0.2) is 0 Å². The van der Waals surface area contributed by atoms with Crippen LogP contribution in [0.5, 0.6) is 0 Å². The number of aliphatic hydroxyl groups is 1. The summed E-state index contributed by atoms with van der Waals surface area (Å²) in [6.45, 7) is 3.54. The van der Waals surface area contributed by atoms with E-state index in [0.717, 1.165) is 64.2 Å². The van der Waals surface area contributed by atoms with Crippen LogP contribution >= 0.6 is 7.82 Å². The van der Waals surface area contributed by atoms with Gasteiger partial charge in [-0.2, -0.15) is 0 Å². The van der Waals surface area contributed by atoms with Crippen molar-refractivity contribution in [3.8, 4) is 0 Å². The van der Waals surface area contributed by atoms with Crippen LogP contribution in [0, 0.1) is 0 Å². The lowest BCUT2D eigenvalue weighted by Crippen LogP contribution is -2.27. The van der Waals surface area contributed by atoms with Crippen LogP contribution in [0.1, 0.15) is 232 Å². The van der Waals surface area contributed by atoms with Crippen molar-refractivity contribution in [1.82, 2.24) is 5.32 Å². The van der Waals surface area contributed by atoms with Crippen LogP contribution in [-0.2, 0) is 27.9 Å². The summed E-state index contributed by atoms with van der Waals surface area (Å²) in [5.74, 6) is -0.522. The van der Waals surface area contributed by atoms with Crippen molar-refractivity contribution in [1.29, 1.82) is 0 Å². The zero-order valence-electron chi connectivity index (χ0n) is 38.2. The van der Waals surface area contributed by atoms with E-state index in [0.29, 0.717) is 6.42 Å². The van der Waals surface area contributed by atoms with Crippen molar-refractivity contribution in [3.63, 3.8) is 0 Å². The maximum absolute atomic E-state index is 12.1. The van der Waals surface area contributed by atoms with E-state index >= 15 is 0 Å². The minimum absolute atomic E-state index is 0.0753. The Kier molecular flexibility index (Phi) is 44.4.